The number of para-hydroxylation sites is 1. The van der Waals surface area contributed by atoms with Crippen molar-refractivity contribution in [3.8, 4) is 0 Å². The highest BCUT2D eigenvalue weighted by atomic mass is 16.6. The first-order valence-corrected chi connectivity index (χ1v) is 6.70. The van der Waals surface area contributed by atoms with Crippen LogP contribution < -0.4 is 16.2 Å². The van der Waals surface area contributed by atoms with E-state index in [9.17, 15) is 10.1 Å². The number of anilines is 2. The molecule has 1 heterocycles. The number of hydrogen-bond donors (Lipinski definition) is 2. The Morgan fingerprint density at radius 1 is 1.55 bits per heavy atom. The van der Waals surface area contributed by atoms with Gasteiger partial charge in [0.15, 0.2) is 0 Å². The molecule has 3 N–H and O–H groups in total. The van der Waals surface area contributed by atoms with Crippen molar-refractivity contribution < 1.29 is 9.66 Å². The molecule has 1 unspecified atom stereocenters. The van der Waals surface area contributed by atoms with E-state index in [2.05, 4.69) is 5.43 Å². The molecule has 1 aromatic carbocycles. The van der Waals surface area contributed by atoms with Gasteiger partial charge in [0.05, 0.1) is 11.0 Å². The highest BCUT2D eigenvalue weighted by molar-refractivity contribution is 5.76. The number of nitrogens with two attached hydrogens (primary N) is 1. The third-order valence-electron chi connectivity index (χ3n) is 3.52. The Bertz CT molecular complexity index is 475. The largest absolute Gasteiger partial charge is 0.376 e. The van der Waals surface area contributed by atoms with E-state index in [1.165, 1.54) is 0 Å². The lowest BCUT2D eigenvalue weighted by atomic mass is 10.1. The maximum absolute atomic E-state index is 11.3. The van der Waals surface area contributed by atoms with Gasteiger partial charge >= 0.3 is 5.69 Å². The van der Waals surface area contributed by atoms with Crippen LogP contribution in [0.5, 0.6) is 0 Å². The minimum absolute atomic E-state index is 0.00619. The molecule has 0 saturated carbocycles. The van der Waals surface area contributed by atoms with Gasteiger partial charge in [0.1, 0.15) is 11.4 Å². The van der Waals surface area contributed by atoms with Gasteiger partial charge in [-0.15, -0.1) is 0 Å². The van der Waals surface area contributed by atoms with E-state index in [-0.39, 0.29) is 11.8 Å². The average molecular weight is 280 g/mol. The third kappa shape index (κ3) is 3.17. The van der Waals surface area contributed by atoms with E-state index in [0.29, 0.717) is 17.9 Å². The number of nitro benzene ring substituents is 1. The molecule has 1 aliphatic heterocycles. The van der Waals surface area contributed by atoms with Crippen LogP contribution in [0.3, 0.4) is 0 Å². The van der Waals surface area contributed by atoms with Crippen molar-refractivity contribution in [1.82, 2.24) is 0 Å². The zero-order chi connectivity index (χ0) is 14.5. The molecule has 1 saturated heterocycles. The zero-order valence-electron chi connectivity index (χ0n) is 11.5. The standard InChI is InChI=1S/C13H20N4O3/c1-16(9-10-5-2-3-8-20-10)12-7-4-6-11(15-14)13(12)17(18)19/h4,6-7,10,15H,2-3,5,8-9,14H2,1H3. The van der Waals surface area contributed by atoms with Crippen LogP contribution in [0.15, 0.2) is 18.2 Å². The van der Waals surface area contributed by atoms with E-state index in [0.717, 1.165) is 25.9 Å². The lowest BCUT2D eigenvalue weighted by Gasteiger charge is -2.28. The van der Waals surface area contributed by atoms with Gasteiger partial charge in [0.25, 0.3) is 0 Å². The predicted molar refractivity (Wildman–Crippen MR) is 77.8 cm³/mol. The SMILES string of the molecule is CN(CC1CCCCO1)c1cccc(NN)c1[N+](=O)[O-]. The number of rotatable bonds is 5. The Morgan fingerprint density at radius 2 is 2.35 bits per heavy atom. The Kier molecular flexibility index (Phi) is 4.75. The summed E-state index contributed by atoms with van der Waals surface area (Å²) in [5, 5.41) is 11.3. The highest BCUT2D eigenvalue weighted by Gasteiger charge is 2.24. The molecule has 0 aromatic heterocycles. The van der Waals surface area contributed by atoms with Gasteiger partial charge in [0, 0.05) is 20.2 Å². The number of benzene rings is 1. The smallest absolute Gasteiger partial charge is 0.316 e. The summed E-state index contributed by atoms with van der Waals surface area (Å²) in [7, 11) is 1.83. The number of hydrogen-bond acceptors (Lipinski definition) is 6. The van der Waals surface area contributed by atoms with Gasteiger partial charge in [0.2, 0.25) is 0 Å². The van der Waals surface area contributed by atoms with E-state index in [1.807, 2.05) is 11.9 Å². The van der Waals surface area contributed by atoms with Crippen molar-refractivity contribution >= 4 is 17.1 Å². The number of nitrogen functional groups attached to an aromatic ring is 1. The van der Waals surface area contributed by atoms with E-state index >= 15 is 0 Å². The summed E-state index contributed by atoms with van der Waals surface area (Å²) in [6, 6.07) is 5.06. The average Bonchev–Trinajstić information content (AvgIpc) is 2.47. The van der Waals surface area contributed by atoms with Crippen molar-refractivity contribution in [3.05, 3.63) is 28.3 Å². The van der Waals surface area contributed by atoms with E-state index in [1.54, 1.807) is 18.2 Å². The first kappa shape index (κ1) is 14.5. The number of hydrazine groups is 1. The van der Waals surface area contributed by atoms with Crippen LogP contribution in [-0.2, 0) is 4.74 Å². The molecule has 7 nitrogen and oxygen atoms in total. The summed E-state index contributed by atoms with van der Waals surface area (Å²) >= 11 is 0. The van der Waals surface area contributed by atoms with Gasteiger partial charge < -0.3 is 15.1 Å². The Hall–Kier alpha value is -1.86. The Morgan fingerprint density at radius 3 is 2.95 bits per heavy atom. The van der Waals surface area contributed by atoms with Crippen molar-refractivity contribution in [2.45, 2.75) is 25.4 Å². The van der Waals surface area contributed by atoms with Crippen molar-refractivity contribution in [2.75, 3.05) is 30.5 Å². The number of likely N-dealkylation sites (N-methyl/N-ethyl adjacent to an activating group) is 1. The van der Waals surface area contributed by atoms with Gasteiger partial charge in [-0.1, -0.05) is 6.07 Å². The van der Waals surface area contributed by atoms with Crippen LogP contribution in [0.2, 0.25) is 0 Å². The molecule has 0 radical (unpaired) electrons. The van der Waals surface area contributed by atoms with Gasteiger partial charge in [-0.2, -0.15) is 0 Å². The Labute approximate surface area is 117 Å². The molecule has 20 heavy (non-hydrogen) atoms. The topological polar surface area (TPSA) is 93.7 Å². The number of nitro groups is 1. The summed E-state index contributed by atoms with van der Waals surface area (Å²) in [6.45, 7) is 1.40. The fourth-order valence-corrected chi connectivity index (χ4v) is 2.50. The van der Waals surface area contributed by atoms with E-state index < -0.39 is 4.92 Å². The van der Waals surface area contributed by atoms with Gasteiger partial charge in [-0.3, -0.25) is 16.0 Å². The number of ether oxygens (including phenoxy) is 1. The summed E-state index contributed by atoms with van der Waals surface area (Å²) in [5.41, 5.74) is 3.22. The fraction of sp³-hybridized carbons (Fsp3) is 0.538. The monoisotopic (exact) mass is 280 g/mol. The molecule has 0 amide bonds. The van der Waals surface area contributed by atoms with Crippen molar-refractivity contribution in [2.24, 2.45) is 5.84 Å². The summed E-state index contributed by atoms with van der Waals surface area (Å²) in [5.74, 6) is 5.34. The normalized spacial score (nSPS) is 18.6. The summed E-state index contributed by atoms with van der Waals surface area (Å²) < 4.78 is 5.68. The molecule has 0 bridgehead atoms. The third-order valence-corrected chi connectivity index (χ3v) is 3.52. The van der Waals surface area contributed by atoms with Crippen LogP contribution in [0, 0.1) is 10.1 Å². The van der Waals surface area contributed by atoms with Crippen LogP contribution in [0.1, 0.15) is 19.3 Å². The first-order chi connectivity index (χ1) is 9.63. The fourth-order valence-electron chi connectivity index (χ4n) is 2.50. The quantitative estimate of drug-likeness (QED) is 0.486. The molecule has 7 heteroatoms. The number of nitrogens with one attached hydrogen (secondary N) is 1. The van der Waals surface area contributed by atoms with Gasteiger partial charge in [-0.05, 0) is 31.4 Å². The van der Waals surface area contributed by atoms with Crippen LogP contribution in [0.4, 0.5) is 17.1 Å². The molecule has 110 valence electrons. The second-order valence-corrected chi connectivity index (χ2v) is 4.94. The van der Waals surface area contributed by atoms with Crippen LogP contribution in [-0.4, -0.2) is 31.2 Å². The van der Waals surface area contributed by atoms with Crippen LogP contribution in [0.25, 0.3) is 0 Å². The molecule has 1 atom stereocenters. The molecule has 1 aliphatic rings. The van der Waals surface area contributed by atoms with Gasteiger partial charge in [-0.25, -0.2) is 0 Å². The molecule has 0 spiro atoms. The highest BCUT2D eigenvalue weighted by Crippen LogP contribution is 2.34. The minimum atomic E-state index is -0.414. The molecule has 1 aromatic rings. The van der Waals surface area contributed by atoms with Crippen molar-refractivity contribution in [3.63, 3.8) is 0 Å². The zero-order valence-corrected chi connectivity index (χ0v) is 11.5. The summed E-state index contributed by atoms with van der Waals surface area (Å²) in [4.78, 5) is 12.7. The maximum atomic E-state index is 11.3. The summed E-state index contributed by atoms with van der Waals surface area (Å²) in [6.07, 6.45) is 3.35. The molecular weight excluding hydrogens is 260 g/mol. The molecule has 1 fully saturated rings. The maximum Gasteiger partial charge on any atom is 0.316 e. The van der Waals surface area contributed by atoms with E-state index in [4.69, 9.17) is 10.6 Å². The lowest BCUT2D eigenvalue weighted by molar-refractivity contribution is -0.383. The minimum Gasteiger partial charge on any atom is -0.376 e. The van der Waals surface area contributed by atoms with Crippen molar-refractivity contribution in [1.29, 1.82) is 0 Å². The Balaban J connectivity index is 2.19. The second-order valence-electron chi connectivity index (χ2n) is 4.94. The lowest BCUT2D eigenvalue weighted by Crippen LogP contribution is -2.33. The molecule has 0 aliphatic carbocycles. The second kappa shape index (κ2) is 6.53. The first-order valence-electron chi connectivity index (χ1n) is 6.70. The molecule has 2 rings (SSSR count). The van der Waals surface area contributed by atoms with Crippen LogP contribution >= 0.6 is 0 Å². The predicted octanol–water partition coefficient (Wildman–Crippen LogP) is 1.89. The number of nitrogens with zero attached hydrogens (tertiary/aromatic N) is 2. The molecular formula is C13H20N4O3.